The normalized spacial score (nSPS) is 32.6. The summed E-state index contributed by atoms with van der Waals surface area (Å²) in [4.78, 5) is 14.5. The van der Waals surface area contributed by atoms with Gasteiger partial charge in [0.05, 0.1) is 6.54 Å². The maximum absolute atomic E-state index is 12.2. The molecule has 2 N–H and O–H groups in total. The van der Waals surface area contributed by atoms with Gasteiger partial charge in [0.1, 0.15) is 0 Å². The molecule has 1 saturated heterocycles. The average Bonchev–Trinajstić information content (AvgIpc) is 2.31. The Bertz CT molecular complexity index is 236. The molecule has 1 aliphatic heterocycles. The molecule has 92 valence electrons. The van der Waals surface area contributed by atoms with E-state index in [-0.39, 0.29) is 12.0 Å². The zero-order valence-corrected chi connectivity index (χ0v) is 10.2. The predicted octanol–water partition coefficient (Wildman–Crippen LogP) is 1.56. The van der Waals surface area contributed by atoms with E-state index in [1.54, 1.807) is 0 Å². The van der Waals surface area contributed by atoms with Crippen LogP contribution in [0, 0.1) is 5.92 Å². The van der Waals surface area contributed by atoms with Crippen molar-refractivity contribution in [2.24, 2.45) is 11.7 Å². The molecule has 3 nitrogen and oxygen atoms in total. The first-order chi connectivity index (χ1) is 7.77. The third-order valence-electron chi connectivity index (χ3n) is 4.06. The van der Waals surface area contributed by atoms with Crippen LogP contribution in [-0.4, -0.2) is 36.4 Å². The fourth-order valence-corrected chi connectivity index (χ4v) is 3.01. The van der Waals surface area contributed by atoms with Crippen molar-refractivity contribution >= 4 is 5.78 Å². The second-order valence-corrected chi connectivity index (χ2v) is 5.36. The highest BCUT2D eigenvalue weighted by Crippen LogP contribution is 2.24. The summed E-state index contributed by atoms with van der Waals surface area (Å²) in [7, 11) is 0. The molecule has 1 heterocycles. The molecule has 0 spiro atoms. The largest absolute Gasteiger partial charge is 0.327 e. The molecular formula is C13H24N2O. The molecular weight excluding hydrogens is 200 g/mol. The summed E-state index contributed by atoms with van der Waals surface area (Å²) in [5, 5.41) is 0. The first-order valence-corrected chi connectivity index (χ1v) is 6.78. The van der Waals surface area contributed by atoms with Gasteiger partial charge in [0.2, 0.25) is 0 Å². The van der Waals surface area contributed by atoms with Crippen LogP contribution in [0.3, 0.4) is 0 Å². The SMILES string of the molecule is NC1CCCCC1C(=O)CN1CCCCC1. The lowest BCUT2D eigenvalue weighted by molar-refractivity contribution is -0.125. The Labute approximate surface area is 98.4 Å². The van der Waals surface area contributed by atoms with Gasteiger partial charge in [-0.25, -0.2) is 0 Å². The third kappa shape index (κ3) is 3.05. The fourth-order valence-electron chi connectivity index (χ4n) is 3.01. The quantitative estimate of drug-likeness (QED) is 0.791. The Morgan fingerprint density at radius 3 is 2.44 bits per heavy atom. The molecule has 16 heavy (non-hydrogen) atoms. The summed E-state index contributed by atoms with van der Waals surface area (Å²) in [6.45, 7) is 2.86. The van der Waals surface area contributed by atoms with Crippen LogP contribution < -0.4 is 5.73 Å². The van der Waals surface area contributed by atoms with Gasteiger partial charge in [-0.2, -0.15) is 0 Å². The maximum atomic E-state index is 12.2. The second kappa shape index (κ2) is 5.78. The van der Waals surface area contributed by atoms with Gasteiger partial charge in [0.15, 0.2) is 5.78 Å². The van der Waals surface area contributed by atoms with Gasteiger partial charge in [-0.15, -0.1) is 0 Å². The lowest BCUT2D eigenvalue weighted by Crippen LogP contribution is -2.43. The summed E-state index contributed by atoms with van der Waals surface area (Å²) in [5.41, 5.74) is 6.05. The number of hydrogen-bond donors (Lipinski definition) is 1. The minimum atomic E-state index is 0.131. The van der Waals surface area contributed by atoms with Gasteiger partial charge in [0, 0.05) is 12.0 Å². The first kappa shape index (κ1) is 12.1. The van der Waals surface area contributed by atoms with Gasteiger partial charge >= 0.3 is 0 Å². The third-order valence-corrected chi connectivity index (χ3v) is 4.06. The zero-order chi connectivity index (χ0) is 11.4. The highest BCUT2D eigenvalue weighted by atomic mass is 16.1. The van der Waals surface area contributed by atoms with Crippen molar-refractivity contribution in [3.63, 3.8) is 0 Å². The summed E-state index contributed by atoms with van der Waals surface area (Å²) < 4.78 is 0. The van der Waals surface area contributed by atoms with Crippen LogP contribution >= 0.6 is 0 Å². The van der Waals surface area contributed by atoms with Crippen molar-refractivity contribution < 1.29 is 4.79 Å². The monoisotopic (exact) mass is 224 g/mol. The molecule has 0 bridgehead atoms. The van der Waals surface area contributed by atoms with E-state index in [9.17, 15) is 4.79 Å². The Kier molecular flexibility index (Phi) is 4.36. The zero-order valence-electron chi connectivity index (χ0n) is 10.2. The summed E-state index contributed by atoms with van der Waals surface area (Å²) >= 11 is 0. The van der Waals surface area contributed by atoms with Gasteiger partial charge in [-0.1, -0.05) is 19.3 Å². The highest BCUT2D eigenvalue weighted by molar-refractivity contribution is 5.83. The van der Waals surface area contributed by atoms with Crippen LogP contribution in [0.25, 0.3) is 0 Å². The van der Waals surface area contributed by atoms with Gasteiger partial charge in [-0.05, 0) is 38.8 Å². The molecule has 0 amide bonds. The molecule has 1 saturated carbocycles. The molecule has 2 fully saturated rings. The minimum Gasteiger partial charge on any atom is -0.327 e. The van der Waals surface area contributed by atoms with Crippen LogP contribution in [0.2, 0.25) is 0 Å². The van der Waals surface area contributed by atoms with E-state index in [1.165, 1.54) is 32.1 Å². The van der Waals surface area contributed by atoms with Crippen LogP contribution in [0.15, 0.2) is 0 Å². The van der Waals surface area contributed by atoms with E-state index in [1.807, 2.05) is 0 Å². The van der Waals surface area contributed by atoms with Crippen molar-refractivity contribution in [1.29, 1.82) is 0 Å². The Morgan fingerprint density at radius 2 is 1.75 bits per heavy atom. The van der Waals surface area contributed by atoms with E-state index in [0.29, 0.717) is 12.3 Å². The van der Waals surface area contributed by atoms with E-state index >= 15 is 0 Å². The number of piperidine rings is 1. The molecule has 2 unspecified atom stereocenters. The summed E-state index contributed by atoms with van der Waals surface area (Å²) in [6.07, 6.45) is 8.28. The van der Waals surface area contributed by atoms with Crippen molar-refractivity contribution in [2.45, 2.75) is 51.0 Å². The molecule has 1 aliphatic carbocycles. The van der Waals surface area contributed by atoms with Crippen molar-refractivity contribution in [1.82, 2.24) is 4.90 Å². The van der Waals surface area contributed by atoms with Crippen LogP contribution in [0.5, 0.6) is 0 Å². The maximum Gasteiger partial charge on any atom is 0.151 e. The van der Waals surface area contributed by atoms with Crippen LogP contribution in [-0.2, 0) is 4.79 Å². The standard InChI is InChI=1S/C13H24N2O/c14-12-7-3-2-6-11(12)13(16)10-15-8-4-1-5-9-15/h11-12H,1-10,14H2. The van der Waals surface area contributed by atoms with Crippen molar-refractivity contribution in [3.05, 3.63) is 0 Å². The molecule has 2 rings (SSSR count). The molecule has 0 radical (unpaired) electrons. The van der Waals surface area contributed by atoms with Crippen LogP contribution in [0.1, 0.15) is 44.9 Å². The summed E-state index contributed by atoms with van der Waals surface area (Å²) in [5.74, 6) is 0.546. The minimum absolute atomic E-state index is 0.131. The van der Waals surface area contributed by atoms with E-state index in [4.69, 9.17) is 5.73 Å². The van der Waals surface area contributed by atoms with Gasteiger partial charge < -0.3 is 5.73 Å². The summed E-state index contributed by atoms with van der Waals surface area (Å²) in [6, 6.07) is 0.131. The van der Waals surface area contributed by atoms with Gasteiger partial charge in [-0.3, -0.25) is 9.69 Å². The first-order valence-electron chi connectivity index (χ1n) is 6.78. The number of carbonyl (C=O) groups is 1. The van der Waals surface area contributed by atoms with E-state index < -0.39 is 0 Å². The van der Waals surface area contributed by atoms with E-state index in [2.05, 4.69) is 4.90 Å². The number of ketones is 1. The number of rotatable bonds is 3. The number of nitrogens with two attached hydrogens (primary N) is 1. The Morgan fingerprint density at radius 1 is 1.06 bits per heavy atom. The number of likely N-dealkylation sites (tertiary alicyclic amines) is 1. The Hall–Kier alpha value is -0.410. The molecule has 0 aromatic heterocycles. The number of nitrogens with zero attached hydrogens (tertiary/aromatic N) is 1. The molecule has 0 aromatic carbocycles. The topological polar surface area (TPSA) is 46.3 Å². The second-order valence-electron chi connectivity index (χ2n) is 5.36. The number of Topliss-reactive ketones (excluding diaryl/α,β-unsaturated/α-hetero) is 1. The fraction of sp³-hybridized carbons (Fsp3) is 0.923. The van der Waals surface area contributed by atoms with E-state index in [0.717, 1.165) is 25.9 Å². The number of hydrogen-bond acceptors (Lipinski definition) is 3. The molecule has 2 aliphatic rings. The molecule has 2 atom stereocenters. The average molecular weight is 224 g/mol. The van der Waals surface area contributed by atoms with Gasteiger partial charge in [0.25, 0.3) is 0 Å². The lowest BCUT2D eigenvalue weighted by atomic mass is 9.82. The molecule has 0 aromatic rings. The Balaban J connectivity index is 1.81. The number of carbonyl (C=O) groups excluding carboxylic acids is 1. The predicted molar refractivity (Wildman–Crippen MR) is 65.2 cm³/mol. The lowest BCUT2D eigenvalue weighted by Gasteiger charge is -2.31. The smallest absolute Gasteiger partial charge is 0.151 e. The van der Waals surface area contributed by atoms with Crippen molar-refractivity contribution in [2.75, 3.05) is 19.6 Å². The molecule has 3 heteroatoms. The highest BCUT2D eigenvalue weighted by Gasteiger charge is 2.29. The van der Waals surface area contributed by atoms with Crippen molar-refractivity contribution in [3.8, 4) is 0 Å². The van der Waals surface area contributed by atoms with Crippen LogP contribution in [0.4, 0.5) is 0 Å².